The van der Waals surface area contributed by atoms with Crippen LogP contribution in [0, 0.1) is 0 Å². The van der Waals surface area contributed by atoms with Gasteiger partial charge in [0.15, 0.2) is 0 Å². The molecule has 0 aromatic heterocycles. The molecule has 19 heavy (non-hydrogen) atoms. The fourth-order valence-corrected chi connectivity index (χ4v) is 3.73. The SMILES string of the molecule is C1CCN(C2CCN(CCC3CNCCO3)C2)CC1. The monoisotopic (exact) mass is 267 g/mol. The Morgan fingerprint density at radius 1 is 1.11 bits per heavy atom. The molecule has 0 aromatic rings. The van der Waals surface area contributed by atoms with Crippen molar-refractivity contribution in [2.75, 3.05) is 52.4 Å². The van der Waals surface area contributed by atoms with Crippen LogP contribution in [0.25, 0.3) is 0 Å². The number of morpholine rings is 1. The van der Waals surface area contributed by atoms with Crippen LogP contribution in [0.1, 0.15) is 32.1 Å². The third kappa shape index (κ3) is 3.91. The number of hydrogen-bond donors (Lipinski definition) is 1. The maximum atomic E-state index is 5.78. The summed E-state index contributed by atoms with van der Waals surface area (Å²) in [5.74, 6) is 0. The minimum Gasteiger partial charge on any atom is -0.376 e. The Morgan fingerprint density at radius 3 is 2.79 bits per heavy atom. The molecule has 3 fully saturated rings. The number of hydrogen-bond acceptors (Lipinski definition) is 4. The van der Waals surface area contributed by atoms with Gasteiger partial charge < -0.3 is 15.0 Å². The van der Waals surface area contributed by atoms with Gasteiger partial charge in [-0.1, -0.05) is 6.42 Å². The first kappa shape index (κ1) is 13.8. The standard InChI is InChI=1S/C15H29N3O/c1-2-7-18(8-3-1)14-4-9-17(13-14)10-5-15-12-16-6-11-19-15/h14-16H,1-13H2. The summed E-state index contributed by atoms with van der Waals surface area (Å²) < 4.78 is 5.78. The van der Waals surface area contributed by atoms with Crippen molar-refractivity contribution in [1.29, 1.82) is 0 Å². The molecule has 2 unspecified atom stereocenters. The minimum atomic E-state index is 0.447. The second-order valence-electron chi connectivity index (χ2n) is 6.33. The van der Waals surface area contributed by atoms with Gasteiger partial charge in [-0.2, -0.15) is 0 Å². The zero-order valence-corrected chi connectivity index (χ0v) is 12.1. The summed E-state index contributed by atoms with van der Waals surface area (Å²) in [6, 6.07) is 0.839. The van der Waals surface area contributed by atoms with E-state index in [-0.39, 0.29) is 0 Å². The van der Waals surface area contributed by atoms with E-state index in [2.05, 4.69) is 15.1 Å². The van der Waals surface area contributed by atoms with Gasteiger partial charge in [-0.25, -0.2) is 0 Å². The zero-order valence-electron chi connectivity index (χ0n) is 12.1. The van der Waals surface area contributed by atoms with Crippen molar-refractivity contribution < 1.29 is 4.74 Å². The van der Waals surface area contributed by atoms with Gasteiger partial charge in [-0.05, 0) is 45.3 Å². The average Bonchev–Trinajstić information content (AvgIpc) is 2.96. The van der Waals surface area contributed by atoms with Crippen molar-refractivity contribution in [2.45, 2.75) is 44.2 Å². The van der Waals surface area contributed by atoms with Crippen LogP contribution < -0.4 is 5.32 Å². The van der Waals surface area contributed by atoms with Crippen molar-refractivity contribution >= 4 is 0 Å². The van der Waals surface area contributed by atoms with Gasteiger partial charge in [0.2, 0.25) is 0 Å². The molecule has 3 aliphatic heterocycles. The highest BCUT2D eigenvalue weighted by molar-refractivity contribution is 4.85. The highest BCUT2D eigenvalue weighted by atomic mass is 16.5. The van der Waals surface area contributed by atoms with Crippen molar-refractivity contribution in [1.82, 2.24) is 15.1 Å². The summed E-state index contributed by atoms with van der Waals surface area (Å²) in [5.41, 5.74) is 0. The average molecular weight is 267 g/mol. The van der Waals surface area contributed by atoms with E-state index in [4.69, 9.17) is 4.74 Å². The van der Waals surface area contributed by atoms with Crippen LogP contribution in [-0.2, 0) is 4.74 Å². The quantitative estimate of drug-likeness (QED) is 0.820. The van der Waals surface area contributed by atoms with E-state index in [1.165, 1.54) is 64.8 Å². The minimum absolute atomic E-state index is 0.447. The number of piperidine rings is 1. The number of ether oxygens (including phenoxy) is 1. The first-order valence-corrected chi connectivity index (χ1v) is 8.20. The molecule has 1 N–H and O–H groups in total. The molecular weight excluding hydrogens is 238 g/mol. The Kier molecular flexibility index (Phi) is 5.10. The molecule has 3 heterocycles. The highest BCUT2D eigenvalue weighted by Crippen LogP contribution is 2.20. The summed E-state index contributed by atoms with van der Waals surface area (Å²) in [6.07, 6.45) is 7.29. The number of likely N-dealkylation sites (tertiary alicyclic amines) is 2. The van der Waals surface area contributed by atoms with E-state index in [1.54, 1.807) is 0 Å². The van der Waals surface area contributed by atoms with Crippen LogP contribution in [0.3, 0.4) is 0 Å². The predicted molar refractivity (Wildman–Crippen MR) is 77.5 cm³/mol. The Balaban J connectivity index is 1.36. The molecule has 0 amide bonds. The summed E-state index contributed by atoms with van der Waals surface area (Å²) in [5, 5.41) is 3.42. The van der Waals surface area contributed by atoms with Crippen LogP contribution in [-0.4, -0.2) is 74.4 Å². The van der Waals surface area contributed by atoms with Gasteiger partial charge in [0.05, 0.1) is 12.7 Å². The number of nitrogens with one attached hydrogen (secondary N) is 1. The maximum absolute atomic E-state index is 5.78. The van der Waals surface area contributed by atoms with E-state index in [1.807, 2.05) is 0 Å². The molecule has 0 bridgehead atoms. The molecule has 0 radical (unpaired) electrons. The lowest BCUT2D eigenvalue weighted by molar-refractivity contribution is 0.0182. The summed E-state index contributed by atoms with van der Waals surface area (Å²) in [6.45, 7) is 9.45. The lowest BCUT2D eigenvalue weighted by Gasteiger charge is -2.32. The second kappa shape index (κ2) is 7.02. The summed E-state index contributed by atoms with van der Waals surface area (Å²) >= 11 is 0. The molecule has 110 valence electrons. The van der Waals surface area contributed by atoms with Crippen LogP contribution >= 0.6 is 0 Å². The number of rotatable bonds is 4. The third-order valence-electron chi connectivity index (χ3n) is 4.93. The van der Waals surface area contributed by atoms with E-state index in [0.717, 1.165) is 25.7 Å². The first-order valence-electron chi connectivity index (χ1n) is 8.20. The van der Waals surface area contributed by atoms with E-state index in [0.29, 0.717) is 6.10 Å². The van der Waals surface area contributed by atoms with Gasteiger partial charge in [0.25, 0.3) is 0 Å². The van der Waals surface area contributed by atoms with Crippen LogP contribution in [0.2, 0.25) is 0 Å². The first-order chi connectivity index (χ1) is 9.42. The molecule has 0 spiro atoms. The molecule has 0 aromatic carbocycles. The Bertz CT molecular complexity index is 262. The van der Waals surface area contributed by atoms with Gasteiger partial charge in [-0.3, -0.25) is 4.90 Å². The van der Waals surface area contributed by atoms with Crippen LogP contribution in [0.4, 0.5) is 0 Å². The smallest absolute Gasteiger partial charge is 0.0712 e. The van der Waals surface area contributed by atoms with Gasteiger partial charge in [0.1, 0.15) is 0 Å². The molecule has 4 heteroatoms. The molecule has 3 rings (SSSR count). The Hall–Kier alpha value is -0.160. The summed E-state index contributed by atoms with van der Waals surface area (Å²) in [4.78, 5) is 5.39. The molecule has 3 aliphatic rings. The third-order valence-corrected chi connectivity index (χ3v) is 4.93. The van der Waals surface area contributed by atoms with Gasteiger partial charge in [0, 0.05) is 32.2 Å². The lowest BCUT2D eigenvalue weighted by Crippen LogP contribution is -2.42. The van der Waals surface area contributed by atoms with Gasteiger partial charge in [-0.15, -0.1) is 0 Å². The molecule has 3 saturated heterocycles. The van der Waals surface area contributed by atoms with Crippen LogP contribution in [0.15, 0.2) is 0 Å². The highest BCUT2D eigenvalue weighted by Gasteiger charge is 2.28. The predicted octanol–water partition coefficient (Wildman–Crippen LogP) is 0.925. The summed E-state index contributed by atoms with van der Waals surface area (Å²) in [7, 11) is 0. The largest absolute Gasteiger partial charge is 0.376 e. The van der Waals surface area contributed by atoms with E-state index >= 15 is 0 Å². The molecule has 0 aliphatic carbocycles. The van der Waals surface area contributed by atoms with Crippen molar-refractivity contribution in [3.05, 3.63) is 0 Å². The topological polar surface area (TPSA) is 27.7 Å². The normalized spacial score (nSPS) is 34.7. The fourth-order valence-electron chi connectivity index (χ4n) is 3.73. The number of nitrogens with zero attached hydrogens (tertiary/aromatic N) is 2. The zero-order chi connectivity index (χ0) is 12.9. The Morgan fingerprint density at radius 2 is 2.00 bits per heavy atom. The molecule has 2 atom stereocenters. The van der Waals surface area contributed by atoms with Crippen molar-refractivity contribution in [2.24, 2.45) is 0 Å². The fraction of sp³-hybridized carbons (Fsp3) is 1.00. The van der Waals surface area contributed by atoms with Crippen molar-refractivity contribution in [3.63, 3.8) is 0 Å². The van der Waals surface area contributed by atoms with Crippen molar-refractivity contribution in [3.8, 4) is 0 Å². The lowest BCUT2D eigenvalue weighted by atomic mass is 10.1. The maximum Gasteiger partial charge on any atom is 0.0712 e. The van der Waals surface area contributed by atoms with E-state index in [9.17, 15) is 0 Å². The molecule has 4 nitrogen and oxygen atoms in total. The molecular formula is C15H29N3O. The Labute approximate surface area is 117 Å². The van der Waals surface area contributed by atoms with Gasteiger partial charge >= 0.3 is 0 Å². The molecule has 0 saturated carbocycles. The second-order valence-corrected chi connectivity index (χ2v) is 6.33. The van der Waals surface area contributed by atoms with Crippen LogP contribution in [0.5, 0.6) is 0 Å². The van der Waals surface area contributed by atoms with E-state index < -0.39 is 0 Å².